The van der Waals surface area contributed by atoms with Gasteiger partial charge in [0, 0.05) is 22.4 Å². The first kappa shape index (κ1) is 13.5. The topological polar surface area (TPSA) is 24.9 Å². The number of hydrogen-bond acceptors (Lipinski definition) is 3. The Bertz CT molecular complexity index is 519. The molecule has 4 heteroatoms. The van der Waals surface area contributed by atoms with Crippen LogP contribution in [-0.2, 0) is 6.42 Å². The molecule has 1 N–H and O–H groups in total. The number of benzene rings is 1. The molecule has 18 heavy (non-hydrogen) atoms. The standard InChI is InChI=1S/C14H17ClN2S/c1-9(16-3)14-10(2)17-13(18-14)8-11-4-6-12(15)7-5-11/h4-7,9,16H,8H2,1-3H3. The van der Waals surface area contributed by atoms with Gasteiger partial charge in [0.15, 0.2) is 0 Å². The van der Waals surface area contributed by atoms with Crippen LogP contribution in [-0.4, -0.2) is 12.0 Å². The lowest BCUT2D eigenvalue weighted by Gasteiger charge is -2.06. The van der Waals surface area contributed by atoms with Crippen molar-refractivity contribution in [2.45, 2.75) is 26.3 Å². The monoisotopic (exact) mass is 280 g/mol. The molecule has 0 aliphatic rings. The fourth-order valence-corrected chi connectivity index (χ4v) is 3.14. The van der Waals surface area contributed by atoms with E-state index in [-0.39, 0.29) is 0 Å². The maximum atomic E-state index is 5.88. The average molecular weight is 281 g/mol. The first-order chi connectivity index (χ1) is 8.60. The van der Waals surface area contributed by atoms with Gasteiger partial charge in [0.1, 0.15) is 0 Å². The van der Waals surface area contributed by atoms with Crippen LogP contribution < -0.4 is 5.32 Å². The SMILES string of the molecule is CNC(C)c1sc(Cc2ccc(Cl)cc2)nc1C. The molecular formula is C14H17ClN2S. The molecule has 0 bridgehead atoms. The van der Waals surface area contributed by atoms with Gasteiger partial charge >= 0.3 is 0 Å². The van der Waals surface area contributed by atoms with Gasteiger partial charge in [0.05, 0.1) is 10.7 Å². The molecule has 2 nitrogen and oxygen atoms in total. The second-order valence-electron chi connectivity index (χ2n) is 4.37. The second kappa shape index (κ2) is 5.83. The molecule has 0 aliphatic carbocycles. The van der Waals surface area contributed by atoms with Gasteiger partial charge in [-0.25, -0.2) is 4.98 Å². The fraction of sp³-hybridized carbons (Fsp3) is 0.357. The molecule has 1 heterocycles. The highest BCUT2D eigenvalue weighted by Gasteiger charge is 2.12. The van der Waals surface area contributed by atoms with E-state index in [1.165, 1.54) is 10.4 Å². The van der Waals surface area contributed by atoms with Crippen LogP contribution in [0.15, 0.2) is 24.3 Å². The van der Waals surface area contributed by atoms with E-state index >= 15 is 0 Å². The Morgan fingerprint density at radius 2 is 2.00 bits per heavy atom. The Balaban J connectivity index is 2.17. The van der Waals surface area contributed by atoms with Crippen molar-refractivity contribution in [2.75, 3.05) is 7.05 Å². The lowest BCUT2D eigenvalue weighted by Crippen LogP contribution is -2.11. The summed E-state index contributed by atoms with van der Waals surface area (Å²) in [6.07, 6.45) is 0.874. The summed E-state index contributed by atoms with van der Waals surface area (Å²) < 4.78 is 0. The third-order valence-corrected chi connectivity index (χ3v) is 4.56. The molecule has 0 amide bonds. The quantitative estimate of drug-likeness (QED) is 0.916. The van der Waals surface area contributed by atoms with Crippen molar-refractivity contribution < 1.29 is 0 Å². The molecule has 0 aliphatic heterocycles. The molecule has 0 spiro atoms. The zero-order valence-electron chi connectivity index (χ0n) is 10.8. The van der Waals surface area contributed by atoms with Crippen molar-refractivity contribution in [1.29, 1.82) is 0 Å². The Morgan fingerprint density at radius 1 is 1.33 bits per heavy atom. The Kier molecular flexibility index (Phi) is 4.38. The third kappa shape index (κ3) is 3.10. The fourth-order valence-electron chi connectivity index (χ4n) is 1.85. The number of rotatable bonds is 4. The highest BCUT2D eigenvalue weighted by molar-refractivity contribution is 7.11. The maximum absolute atomic E-state index is 5.88. The molecule has 1 unspecified atom stereocenters. The summed E-state index contributed by atoms with van der Waals surface area (Å²) in [6, 6.07) is 8.32. The zero-order chi connectivity index (χ0) is 13.1. The predicted molar refractivity (Wildman–Crippen MR) is 78.6 cm³/mol. The van der Waals surface area contributed by atoms with E-state index in [9.17, 15) is 0 Å². The zero-order valence-corrected chi connectivity index (χ0v) is 12.4. The first-order valence-corrected chi connectivity index (χ1v) is 7.17. The van der Waals surface area contributed by atoms with Gasteiger partial charge in [0.25, 0.3) is 0 Å². The molecule has 2 aromatic rings. The molecule has 0 fully saturated rings. The number of nitrogens with zero attached hydrogens (tertiary/aromatic N) is 1. The van der Waals surface area contributed by atoms with Crippen LogP contribution in [0.25, 0.3) is 0 Å². The summed E-state index contributed by atoms with van der Waals surface area (Å²) in [4.78, 5) is 5.96. The van der Waals surface area contributed by atoms with Crippen molar-refractivity contribution in [1.82, 2.24) is 10.3 Å². The molecular weight excluding hydrogens is 264 g/mol. The summed E-state index contributed by atoms with van der Waals surface area (Å²) in [5.41, 5.74) is 2.38. The van der Waals surface area contributed by atoms with Crippen molar-refractivity contribution in [3.8, 4) is 0 Å². The Hall–Kier alpha value is -0.900. The lowest BCUT2D eigenvalue weighted by molar-refractivity contribution is 0.658. The van der Waals surface area contributed by atoms with Crippen molar-refractivity contribution in [2.24, 2.45) is 0 Å². The van der Waals surface area contributed by atoms with Crippen molar-refractivity contribution in [3.05, 3.63) is 50.4 Å². The van der Waals surface area contributed by atoms with Crippen molar-refractivity contribution >= 4 is 22.9 Å². The molecule has 96 valence electrons. The molecule has 0 saturated carbocycles. The highest BCUT2D eigenvalue weighted by atomic mass is 35.5. The molecule has 0 saturated heterocycles. The van der Waals surface area contributed by atoms with Crippen LogP contribution >= 0.6 is 22.9 Å². The smallest absolute Gasteiger partial charge is 0.0975 e. The number of hydrogen-bond donors (Lipinski definition) is 1. The summed E-state index contributed by atoms with van der Waals surface area (Å²) in [5.74, 6) is 0. The number of nitrogens with one attached hydrogen (secondary N) is 1. The minimum absolute atomic E-state index is 0.362. The average Bonchev–Trinajstić information content (AvgIpc) is 2.72. The third-order valence-electron chi connectivity index (χ3n) is 2.97. The number of thiazole rings is 1. The van der Waals surface area contributed by atoms with E-state index in [1.54, 1.807) is 11.3 Å². The maximum Gasteiger partial charge on any atom is 0.0975 e. The largest absolute Gasteiger partial charge is 0.312 e. The number of aryl methyl sites for hydroxylation is 1. The van der Waals surface area contributed by atoms with Gasteiger partial charge < -0.3 is 5.32 Å². The van der Waals surface area contributed by atoms with Gasteiger partial charge in [-0.05, 0) is 38.6 Å². The van der Waals surface area contributed by atoms with Crippen LogP contribution in [0.1, 0.15) is 34.1 Å². The molecule has 0 radical (unpaired) electrons. The molecule has 1 aromatic heterocycles. The lowest BCUT2D eigenvalue weighted by atomic mass is 10.2. The van der Waals surface area contributed by atoms with Crippen molar-refractivity contribution in [3.63, 3.8) is 0 Å². The summed E-state index contributed by atoms with van der Waals surface area (Å²) >= 11 is 7.67. The van der Waals surface area contributed by atoms with E-state index in [4.69, 9.17) is 11.6 Å². The molecule has 1 aromatic carbocycles. The summed E-state index contributed by atoms with van der Waals surface area (Å²) in [7, 11) is 1.97. The van der Waals surface area contributed by atoms with Gasteiger partial charge in [-0.1, -0.05) is 23.7 Å². The Labute approximate surface area is 117 Å². The van der Waals surface area contributed by atoms with Gasteiger partial charge in [-0.15, -0.1) is 11.3 Å². The minimum Gasteiger partial charge on any atom is -0.312 e. The van der Waals surface area contributed by atoms with Gasteiger partial charge in [-0.3, -0.25) is 0 Å². The predicted octanol–water partition coefficient (Wildman–Crippen LogP) is 3.98. The highest BCUT2D eigenvalue weighted by Crippen LogP contribution is 2.26. The van der Waals surface area contributed by atoms with E-state index < -0.39 is 0 Å². The van der Waals surface area contributed by atoms with E-state index in [0.717, 1.165) is 22.1 Å². The van der Waals surface area contributed by atoms with Crippen LogP contribution in [0.4, 0.5) is 0 Å². The van der Waals surface area contributed by atoms with E-state index in [2.05, 4.69) is 36.3 Å². The number of aromatic nitrogens is 1. The van der Waals surface area contributed by atoms with E-state index in [0.29, 0.717) is 6.04 Å². The normalized spacial score (nSPS) is 12.7. The molecule has 1 atom stereocenters. The van der Waals surface area contributed by atoms with Crippen LogP contribution in [0, 0.1) is 6.92 Å². The van der Waals surface area contributed by atoms with E-state index in [1.807, 2.05) is 19.2 Å². The van der Waals surface area contributed by atoms with Crippen LogP contribution in [0.2, 0.25) is 5.02 Å². The van der Waals surface area contributed by atoms with Gasteiger partial charge in [0.2, 0.25) is 0 Å². The molecule has 2 rings (SSSR count). The first-order valence-electron chi connectivity index (χ1n) is 5.98. The Morgan fingerprint density at radius 3 is 2.61 bits per heavy atom. The minimum atomic E-state index is 0.362. The van der Waals surface area contributed by atoms with Gasteiger partial charge in [-0.2, -0.15) is 0 Å². The second-order valence-corrected chi connectivity index (χ2v) is 5.92. The van der Waals surface area contributed by atoms with Crippen LogP contribution in [0.5, 0.6) is 0 Å². The summed E-state index contributed by atoms with van der Waals surface area (Å²) in [5, 5.41) is 5.20. The summed E-state index contributed by atoms with van der Waals surface area (Å²) in [6.45, 7) is 4.23. The van der Waals surface area contributed by atoms with Crippen LogP contribution in [0.3, 0.4) is 0 Å². The number of halogens is 1.